The van der Waals surface area contributed by atoms with Gasteiger partial charge in [-0.15, -0.1) is 0 Å². The predicted octanol–water partition coefficient (Wildman–Crippen LogP) is -4.13. The normalized spacial score (nSPS) is 14.1. The molecule has 0 saturated heterocycles. The van der Waals surface area contributed by atoms with Gasteiger partial charge in [-0.05, 0) is 0 Å². The van der Waals surface area contributed by atoms with Gasteiger partial charge in [-0.1, -0.05) is 6.92 Å². The van der Waals surface area contributed by atoms with Gasteiger partial charge in [0.1, 0.15) is 0 Å². The highest BCUT2D eigenvalue weighted by Gasteiger charge is 2.25. The molecule has 0 aliphatic carbocycles. The second kappa shape index (κ2) is 7.87. The van der Waals surface area contributed by atoms with E-state index in [4.69, 9.17) is 42.1 Å². The lowest BCUT2D eigenvalue weighted by molar-refractivity contribution is -0.337. The van der Waals surface area contributed by atoms with Crippen LogP contribution in [0.15, 0.2) is 0 Å². The molecule has 10 N–H and O–H groups in total. The Bertz CT molecular complexity index is 160. The molecule has 0 spiro atoms. The van der Waals surface area contributed by atoms with E-state index in [9.17, 15) is 0 Å². The minimum absolute atomic E-state index is 0.0451. The maximum Gasteiger partial charge on any atom is 0.279 e. The predicted molar refractivity (Wildman–Crippen MR) is 55.8 cm³/mol. The molecule has 0 fully saturated rings. The second-order valence-electron chi connectivity index (χ2n) is 3.66. The van der Waals surface area contributed by atoms with Crippen molar-refractivity contribution in [3.63, 3.8) is 0 Å². The fourth-order valence-corrected chi connectivity index (χ4v) is 0.308. The lowest BCUT2D eigenvalue weighted by Crippen LogP contribution is -2.50. The van der Waals surface area contributed by atoms with Crippen molar-refractivity contribution >= 4 is 0 Å². The van der Waals surface area contributed by atoms with Crippen molar-refractivity contribution in [1.29, 1.82) is 0 Å². The fourth-order valence-electron chi connectivity index (χ4n) is 0.308. The van der Waals surface area contributed by atoms with Crippen LogP contribution >= 0.6 is 0 Å². The maximum atomic E-state index is 8.34. The number of rotatable bonds is 5. The first-order valence-electron chi connectivity index (χ1n) is 4.65. The van der Waals surface area contributed by atoms with Gasteiger partial charge in [-0.2, -0.15) is 0 Å². The molecule has 0 saturated carbocycles. The molecule has 0 aliphatic rings. The standard InChI is InChI=1S/2C4H11NO3/c5-4(1-6,2-7)3-8;1-3(2-5)4(6,7)8/h6-8H,1-3,5H2;3,6-8H,2,5H2,1H3. The third-order valence-corrected chi connectivity index (χ3v) is 1.96. The van der Waals surface area contributed by atoms with E-state index in [0.717, 1.165) is 0 Å². The summed E-state index contributed by atoms with van der Waals surface area (Å²) in [6.07, 6.45) is 0. The van der Waals surface area contributed by atoms with Crippen LogP contribution in [0.5, 0.6) is 0 Å². The molecule has 8 heteroatoms. The largest absolute Gasteiger partial charge is 0.394 e. The van der Waals surface area contributed by atoms with E-state index in [1.807, 2.05) is 0 Å². The molecule has 0 aromatic heterocycles. The van der Waals surface area contributed by atoms with Gasteiger partial charge in [0.25, 0.3) is 5.97 Å². The summed E-state index contributed by atoms with van der Waals surface area (Å²) in [5.74, 6) is -3.32. The van der Waals surface area contributed by atoms with Gasteiger partial charge >= 0.3 is 0 Å². The average Bonchev–Trinajstić information content (AvgIpc) is 2.26. The zero-order valence-electron chi connectivity index (χ0n) is 9.24. The van der Waals surface area contributed by atoms with Crippen molar-refractivity contribution in [3.8, 4) is 0 Å². The van der Waals surface area contributed by atoms with Crippen LogP contribution in [0, 0.1) is 5.92 Å². The molecule has 1 unspecified atom stereocenters. The SMILES string of the molecule is CC(CN)C(O)(O)O.NC(CO)(CO)CO. The van der Waals surface area contributed by atoms with Crippen LogP contribution in [0.3, 0.4) is 0 Å². The van der Waals surface area contributed by atoms with Crippen molar-refractivity contribution in [2.45, 2.75) is 18.4 Å². The number of aliphatic hydroxyl groups is 6. The van der Waals surface area contributed by atoms with E-state index in [2.05, 4.69) is 0 Å². The Hall–Kier alpha value is -0.320. The number of hydrogen-bond donors (Lipinski definition) is 8. The average molecular weight is 242 g/mol. The molecular weight excluding hydrogens is 220 g/mol. The van der Waals surface area contributed by atoms with Crippen LogP contribution in [-0.2, 0) is 0 Å². The lowest BCUT2D eigenvalue weighted by atomic mass is 10.1. The van der Waals surface area contributed by atoms with Gasteiger partial charge in [0.15, 0.2) is 0 Å². The molecule has 0 amide bonds. The molecule has 1 atom stereocenters. The van der Waals surface area contributed by atoms with E-state index in [1.165, 1.54) is 6.92 Å². The molecule has 100 valence electrons. The molecule has 0 bridgehead atoms. The van der Waals surface area contributed by atoms with Gasteiger partial charge in [0.2, 0.25) is 0 Å². The summed E-state index contributed by atoms with van der Waals surface area (Å²) in [5, 5.41) is 50.0. The van der Waals surface area contributed by atoms with Crippen LogP contribution in [0.2, 0.25) is 0 Å². The quantitative estimate of drug-likeness (QED) is 0.224. The van der Waals surface area contributed by atoms with Crippen molar-refractivity contribution in [3.05, 3.63) is 0 Å². The minimum Gasteiger partial charge on any atom is -0.394 e. The summed E-state index contributed by atoms with van der Waals surface area (Å²) in [6, 6.07) is 0. The van der Waals surface area contributed by atoms with Crippen LogP contribution in [0.25, 0.3) is 0 Å². The third-order valence-electron chi connectivity index (χ3n) is 1.96. The summed E-state index contributed by atoms with van der Waals surface area (Å²) >= 11 is 0. The van der Waals surface area contributed by atoms with Crippen LogP contribution < -0.4 is 11.5 Å². The molecule has 0 radical (unpaired) electrons. The van der Waals surface area contributed by atoms with Crippen molar-refractivity contribution in [2.75, 3.05) is 26.4 Å². The summed E-state index contributed by atoms with van der Waals surface area (Å²) in [5.41, 5.74) is 8.92. The molecule has 0 rings (SSSR count). The Morgan fingerprint density at radius 2 is 1.31 bits per heavy atom. The zero-order chi connectivity index (χ0) is 13.4. The number of hydrogen-bond acceptors (Lipinski definition) is 8. The van der Waals surface area contributed by atoms with Gasteiger partial charge in [-0.25, -0.2) is 0 Å². The molecule has 0 aromatic carbocycles. The third kappa shape index (κ3) is 7.91. The smallest absolute Gasteiger partial charge is 0.279 e. The van der Waals surface area contributed by atoms with E-state index in [1.54, 1.807) is 0 Å². The number of aliphatic hydroxyl groups excluding tert-OH is 3. The van der Waals surface area contributed by atoms with Crippen molar-refractivity contribution < 1.29 is 30.6 Å². The van der Waals surface area contributed by atoms with Gasteiger partial charge in [0, 0.05) is 12.5 Å². The molecule has 8 nitrogen and oxygen atoms in total. The summed E-state index contributed by atoms with van der Waals surface area (Å²) in [6.45, 7) is 0.267. The fraction of sp³-hybridized carbons (Fsp3) is 1.00. The second-order valence-corrected chi connectivity index (χ2v) is 3.66. The monoisotopic (exact) mass is 242 g/mol. The molecule has 0 aromatic rings. The highest BCUT2D eigenvalue weighted by molar-refractivity contribution is 4.80. The molecule has 0 heterocycles. The number of nitrogens with two attached hydrogens (primary N) is 2. The molecular formula is C8H22N2O6. The summed E-state index contributed by atoms with van der Waals surface area (Å²) in [4.78, 5) is 0. The van der Waals surface area contributed by atoms with Crippen molar-refractivity contribution in [2.24, 2.45) is 17.4 Å². The van der Waals surface area contributed by atoms with E-state index >= 15 is 0 Å². The topological polar surface area (TPSA) is 173 Å². The van der Waals surface area contributed by atoms with Gasteiger partial charge < -0.3 is 42.1 Å². The summed E-state index contributed by atoms with van der Waals surface area (Å²) < 4.78 is 0. The first kappa shape index (κ1) is 18.1. The first-order chi connectivity index (χ1) is 7.16. The Labute approximate surface area is 93.7 Å². The Morgan fingerprint density at radius 3 is 1.31 bits per heavy atom. The van der Waals surface area contributed by atoms with Crippen LogP contribution in [0.4, 0.5) is 0 Å². The van der Waals surface area contributed by atoms with Gasteiger partial charge in [0.05, 0.1) is 25.4 Å². The Morgan fingerprint density at radius 1 is 1.00 bits per heavy atom. The highest BCUT2D eigenvalue weighted by atomic mass is 16.7. The van der Waals surface area contributed by atoms with Crippen LogP contribution in [-0.4, -0.2) is 68.5 Å². The van der Waals surface area contributed by atoms with Gasteiger partial charge in [-0.3, -0.25) is 0 Å². The summed E-state index contributed by atoms with van der Waals surface area (Å²) in [7, 11) is 0. The highest BCUT2D eigenvalue weighted by Crippen LogP contribution is 2.06. The van der Waals surface area contributed by atoms with Crippen molar-refractivity contribution in [1.82, 2.24) is 0 Å². The first-order valence-corrected chi connectivity index (χ1v) is 4.65. The molecule has 0 aliphatic heterocycles. The van der Waals surface area contributed by atoms with Crippen LogP contribution in [0.1, 0.15) is 6.92 Å². The Kier molecular flexibility index (Phi) is 8.88. The molecule has 16 heavy (non-hydrogen) atoms. The van der Waals surface area contributed by atoms with E-state index in [0.29, 0.717) is 0 Å². The minimum atomic E-state index is -2.62. The van der Waals surface area contributed by atoms with E-state index < -0.39 is 37.3 Å². The van der Waals surface area contributed by atoms with E-state index in [-0.39, 0.29) is 6.54 Å². The maximum absolute atomic E-state index is 8.34. The zero-order valence-corrected chi connectivity index (χ0v) is 9.24. The Balaban J connectivity index is 0. The lowest BCUT2D eigenvalue weighted by Gasteiger charge is -2.20.